The van der Waals surface area contributed by atoms with Crippen LogP contribution >= 0.6 is 0 Å². The van der Waals surface area contributed by atoms with Crippen molar-refractivity contribution in [1.82, 2.24) is 15.0 Å². The van der Waals surface area contributed by atoms with Crippen LogP contribution in [-0.2, 0) is 10.8 Å². The highest BCUT2D eigenvalue weighted by atomic mass is 15.0. The van der Waals surface area contributed by atoms with Crippen LogP contribution in [0.2, 0.25) is 0 Å². The van der Waals surface area contributed by atoms with Crippen molar-refractivity contribution in [2.45, 2.75) is 10.8 Å². The van der Waals surface area contributed by atoms with Gasteiger partial charge in [0.25, 0.3) is 0 Å². The highest BCUT2D eigenvalue weighted by molar-refractivity contribution is 5.94. The summed E-state index contributed by atoms with van der Waals surface area (Å²) in [6, 6.07) is 90.7. The van der Waals surface area contributed by atoms with Gasteiger partial charge in [0.05, 0.1) is 10.8 Å². The highest BCUT2D eigenvalue weighted by Crippen LogP contribution is 2.67. The smallest absolute Gasteiger partial charge is 0.164 e. The van der Waals surface area contributed by atoms with Gasteiger partial charge in [-0.3, -0.25) is 0 Å². The van der Waals surface area contributed by atoms with Gasteiger partial charge in [0.2, 0.25) is 0 Å². The zero-order valence-electron chi connectivity index (χ0n) is 37.0. The molecule has 0 unspecified atom stereocenters. The van der Waals surface area contributed by atoms with Crippen molar-refractivity contribution in [3.8, 4) is 78.7 Å². The molecule has 0 radical (unpaired) electrons. The first-order valence-electron chi connectivity index (χ1n) is 23.4. The molecule has 3 nitrogen and oxygen atoms in total. The van der Waals surface area contributed by atoms with Crippen molar-refractivity contribution < 1.29 is 0 Å². The summed E-state index contributed by atoms with van der Waals surface area (Å²) < 4.78 is 0. The molecule has 1 aromatic heterocycles. The second-order valence-electron chi connectivity index (χ2n) is 18.2. The Labute approximate surface area is 395 Å². The van der Waals surface area contributed by atoms with E-state index in [1.807, 2.05) is 12.1 Å². The van der Waals surface area contributed by atoms with Crippen molar-refractivity contribution in [3.63, 3.8) is 0 Å². The molecule has 0 amide bonds. The van der Waals surface area contributed by atoms with Crippen LogP contribution in [0.5, 0.6) is 0 Å². The Morgan fingerprint density at radius 1 is 0.191 bits per heavy atom. The monoisotopic (exact) mass is 863 g/mol. The number of nitrogens with zero attached hydrogens (tertiary/aromatic N) is 3. The highest BCUT2D eigenvalue weighted by Gasteiger charge is 2.58. The molecule has 0 bridgehead atoms. The summed E-state index contributed by atoms with van der Waals surface area (Å²) in [7, 11) is 0. The number of rotatable bonds is 5. The molecule has 11 aromatic rings. The molecule has 1 heterocycles. The third-order valence-corrected chi connectivity index (χ3v) is 14.9. The van der Waals surface area contributed by atoms with Gasteiger partial charge in [-0.25, -0.2) is 15.0 Å². The summed E-state index contributed by atoms with van der Waals surface area (Å²) in [5.74, 6) is 1.89. The second-order valence-corrected chi connectivity index (χ2v) is 18.2. The molecule has 3 aliphatic carbocycles. The Morgan fingerprint density at radius 2 is 0.456 bits per heavy atom. The van der Waals surface area contributed by atoms with E-state index in [2.05, 4.69) is 237 Å². The lowest BCUT2D eigenvalue weighted by Gasteiger charge is -2.48. The summed E-state index contributed by atoms with van der Waals surface area (Å²) in [6.07, 6.45) is 0. The van der Waals surface area contributed by atoms with Crippen molar-refractivity contribution in [2.75, 3.05) is 0 Å². The standard InChI is InChI=1S/C65H41N3/c1-3-17-42(18-4-1)44-31-35-46(36-32-44)61-66-62(47-37-33-45(34-38-47)43-19-5-2-6-20-43)68-63(67-61)48-39-40-52-51-23-9-12-26-55(51)65(60(52)41-48)58-29-15-13-27-56(58)64(57-28-14-16-30-59(57)65)53-24-10-7-21-49(53)50-22-8-11-25-54(50)64/h1-41H. The van der Waals surface area contributed by atoms with Crippen LogP contribution in [0.15, 0.2) is 249 Å². The van der Waals surface area contributed by atoms with Crippen molar-refractivity contribution in [3.05, 3.63) is 293 Å². The zero-order chi connectivity index (χ0) is 44.8. The number of hydrogen-bond donors (Lipinski definition) is 0. The summed E-state index contributed by atoms with van der Waals surface area (Å²) in [5.41, 5.74) is 21.7. The fraction of sp³-hybridized carbons (Fsp3) is 0.0308. The average molecular weight is 864 g/mol. The minimum atomic E-state index is -0.633. The van der Waals surface area contributed by atoms with E-state index in [9.17, 15) is 0 Å². The zero-order valence-corrected chi connectivity index (χ0v) is 37.0. The molecule has 316 valence electrons. The van der Waals surface area contributed by atoms with E-state index in [0.29, 0.717) is 17.5 Å². The van der Waals surface area contributed by atoms with Crippen LogP contribution in [-0.4, -0.2) is 15.0 Å². The molecule has 0 N–H and O–H groups in total. The maximum atomic E-state index is 5.35. The minimum absolute atomic E-state index is 0.509. The topological polar surface area (TPSA) is 38.7 Å². The lowest BCUT2D eigenvalue weighted by Crippen LogP contribution is -2.43. The molecule has 0 saturated heterocycles. The van der Waals surface area contributed by atoms with Crippen LogP contribution in [0.1, 0.15) is 44.5 Å². The molecular weight excluding hydrogens is 823 g/mol. The number of fused-ring (bicyclic) bond motifs is 16. The van der Waals surface area contributed by atoms with Gasteiger partial charge < -0.3 is 0 Å². The third-order valence-electron chi connectivity index (χ3n) is 14.9. The Kier molecular flexibility index (Phi) is 8.41. The van der Waals surface area contributed by atoms with Gasteiger partial charge >= 0.3 is 0 Å². The predicted molar refractivity (Wildman–Crippen MR) is 275 cm³/mol. The van der Waals surface area contributed by atoms with Crippen LogP contribution in [0.4, 0.5) is 0 Å². The molecule has 0 saturated carbocycles. The van der Waals surface area contributed by atoms with Crippen LogP contribution in [0.25, 0.3) is 78.7 Å². The Hall–Kier alpha value is -8.79. The normalized spacial score (nSPS) is 13.8. The quantitative estimate of drug-likeness (QED) is 0.173. The second kappa shape index (κ2) is 14.9. The Balaban J connectivity index is 0.996. The average Bonchev–Trinajstić information content (AvgIpc) is 3.89. The van der Waals surface area contributed by atoms with Crippen molar-refractivity contribution >= 4 is 0 Å². The molecular formula is C65H41N3. The van der Waals surface area contributed by atoms with Gasteiger partial charge in [0.15, 0.2) is 17.5 Å². The predicted octanol–water partition coefficient (Wildman–Crippen LogP) is 15.2. The van der Waals surface area contributed by atoms with E-state index in [1.54, 1.807) is 0 Å². The van der Waals surface area contributed by atoms with Crippen molar-refractivity contribution in [1.29, 1.82) is 0 Å². The van der Waals surface area contributed by atoms with Gasteiger partial charge in [-0.15, -0.1) is 0 Å². The van der Waals surface area contributed by atoms with Gasteiger partial charge in [-0.2, -0.15) is 0 Å². The van der Waals surface area contributed by atoms with Gasteiger partial charge in [-0.1, -0.05) is 243 Å². The largest absolute Gasteiger partial charge is 0.208 e. The molecule has 10 aromatic carbocycles. The summed E-state index contributed by atoms with van der Waals surface area (Å²) in [6.45, 7) is 0. The minimum Gasteiger partial charge on any atom is -0.208 e. The van der Waals surface area contributed by atoms with Gasteiger partial charge in [0.1, 0.15) is 0 Å². The fourth-order valence-electron chi connectivity index (χ4n) is 12.0. The third kappa shape index (κ3) is 5.39. The molecule has 68 heavy (non-hydrogen) atoms. The van der Waals surface area contributed by atoms with Gasteiger partial charge in [-0.05, 0) is 95.1 Å². The van der Waals surface area contributed by atoms with E-state index < -0.39 is 10.8 Å². The summed E-state index contributed by atoms with van der Waals surface area (Å²) in [4.78, 5) is 15.9. The first kappa shape index (κ1) is 38.5. The van der Waals surface area contributed by atoms with E-state index in [-0.39, 0.29) is 0 Å². The SMILES string of the molecule is c1ccc(-c2ccc(-c3nc(-c4ccc(-c5ccccc5)cc4)nc(-c4ccc5c(c4)C4(c6ccccc6-5)c5ccccc5C5(c6ccccc6-c6ccccc65)c5ccccc54)n3)cc2)cc1. The molecule has 0 aliphatic heterocycles. The lowest BCUT2D eigenvalue weighted by molar-refractivity contribution is 0.633. The molecule has 2 spiro atoms. The molecule has 3 heteroatoms. The lowest BCUT2D eigenvalue weighted by atomic mass is 9.52. The maximum Gasteiger partial charge on any atom is 0.164 e. The van der Waals surface area contributed by atoms with E-state index in [1.165, 1.54) is 77.9 Å². The van der Waals surface area contributed by atoms with E-state index >= 15 is 0 Å². The van der Waals surface area contributed by atoms with E-state index in [0.717, 1.165) is 27.8 Å². The maximum absolute atomic E-state index is 5.35. The Morgan fingerprint density at radius 3 is 0.853 bits per heavy atom. The molecule has 0 atom stereocenters. The summed E-state index contributed by atoms with van der Waals surface area (Å²) in [5, 5.41) is 0. The van der Waals surface area contributed by atoms with Crippen LogP contribution in [0, 0.1) is 0 Å². The molecule has 3 aliphatic rings. The first-order valence-corrected chi connectivity index (χ1v) is 23.4. The first-order chi connectivity index (χ1) is 33.7. The number of benzene rings is 10. The van der Waals surface area contributed by atoms with Crippen LogP contribution < -0.4 is 0 Å². The van der Waals surface area contributed by atoms with E-state index in [4.69, 9.17) is 15.0 Å². The molecule has 0 fully saturated rings. The summed E-state index contributed by atoms with van der Waals surface area (Å²) >= 11 is 0. The number of hydrogen-bond acceptors (Lipinski definition) is 3. The van der Waals surface area contributed by atoms with Crippen LogP contribution in [0.3, 0.4) is 0 Å². The number of aromatic nitrogens is 3. The molecule has 14 rings (SSSR count). The fourth-order valence-corrected chi connectivity index (χ4v) is 12.0. The Bertz CT molecular complexity index is 3580. The van der Waals surface area contributed by atoms with Gasteiger partial charge in [0, 0.05) is 16.7 Å². The van der Waals surface area contributed by atoms with Crippen molar-refractivity contribution in [2.24, 2.45) is 0 Å².